The Labute approximate surface area is 151 Å². The van der Waals surface area contributed by atoms with Gasteiger partial charge in [-0.25, -0.2) is 14.8 Å². The van der Waals surface area contributed by atoms with Crippen molar-refractivity contribution in [1.29, 1.82) is 0 Å². The van der Waals surface area contributed by atoms with Gasteiger partial charge in [-0.3, -0.25) is 4.68 Å². The maximum atomic E-state index is 12.3. The molecule has 3 rings (SSSR count). The van der Waals surface area contributed by atoms with Gasteiger partial charge in [-0.05, 0) is 24.6 Å². The van der Waals surface area contributed by atoms with E-state index in [1.807, 2.05) is 0 Å². The van der Waals surface area contributed by atoms with Crippen LogP contribution in [0.15, 0.2) is 36.8 Å². The second-order valence-corrected chi connectivity index (χ2v) is 5.55. The van der Waals surface area contributed by atoms with Gasteiger partial charge in [0.15, 0.2) is 12.3 Å². The fourth-order valence-electron chi connectivity index (χ4n) is 2.41. The summed E-state index contributed by atoms with van der Waals surface area (Å²) in [6.45, 7) is 0.762. The van der Waals surface area contributed by atoms with Crippen LogP contribution >= 0.6 is 0 Å². The molecule has 142 valence electrons. The van der Waals surface area contributed by atoms with Gasteiger partial charge < -0.3 is 9.47 Å². The fraction of sp³-hybridized carbons (Fsp3) is 0.294. The molecular formula is C17H15F3N4O3. The predicted molar refractivity (Wildman–Crippen MR) is 88.4 cm³/mol. The summed E-state index contributed by atoms with van der Waals surface area (Å²) in [5.74, 6) is -0.676. The van der Waals surface area contributed by atoms with Crippen molar-refractivity contribution in [3.63, 3.8) is 0 Å². The third kappa shape index (κ3) is 4.72. The van der Waals surface area contributed by atoms with Crippen molar-refractivity contribution >= 4 is 16.9 Å². The number of halogens is 3. The molecule has 0 fully saturated rings. The van der Waals surface area contributed by atoms with E-state index in [1.54, 1.807) is 29.9 Å². The maximum absolute atomic E-state index is 12.3. The summed E-state index contributed by atoms with van der Waals surface area (Å²) in [6.07, 6.45) is 0.0104. The van der Waals surface area contributed by atoms with Gasteiger partial charge in [0.05, 0.1) is 24.1 Å². The standard InChI is InChI=1S/C17H15F3N4O3/c1-2-26-16(25)15-12-9-24(23-13(12)4-6-22-15)8-11-3-5-21-14(7-11)27-10-17(18,19)20/h3-7,9H,2,8,10H2,1H3. The van der Waals surface area contributed by atoms with Gasteiger partial charge in [0, 0.05) is 24.7 Å². The second kappa shape index (κ2) is 7.60. The number of fused-ring (bicyclic) bond motifs is 1. The van der Waals surface area contributed by atoms with E-state index in [0.29, 0.717) is 16.5 Å². The van der Waals surface area contributed by atoms with Crippen molar-refractivity contribution in [2.45, 2.75) is 19.6 Å². The molecule has 0 aliphatic rings. The van der Waals surface area contributed by atoms with Crippen LogP contribution in [0.2, 0.25) is 0 Å². The van der Waals surface area contributed by atoms with Gasteiger partial charge in [-0.2, -0.15) is 18.3 Å². The van der Waals surface area contributed by atoms with Crippen LogP contribution < -0.4 is 4.74 Å². The number of pyridine rings is 2. The summed E-state index contributed by atoms with van der Waals surface area (Å²) in [4.78, 5) is 19.8. The van der Waals surface area contributed by atoms with E-state index < -0.39 is 18.8 Å². The summed E-state index contributed by atoms with van der Waals surface area (Å²) in [7, 11) is 0. The highest BCUT2D eigenvalue weighted by molar-refractivity contribution is 6.01. The number of nitrogens with zero attached hydrogens (tertiary/aromatic N) is 4. The van der Waals surface area contributed by atoms with Crippen molar-refractivity contribution in [2.24, 2.45) is 0 Å². The Morgan fingerprint density at radius 1 is 1.22 bits per heavy atom. The first-order valence-corrected chi connectivity index (χ1v) is 7.99. The molecule has 0 unspecified atom stereocenters. The molecular weight excluding hydrogens is 365 g/mol. The van der Waals surface area contributed by atoms with Gasteiger partial charge >= 0.3 is 12.1 Å². The zero-order valence-corrected chi connectivity index (χ0v) is 14.2. The Balaban J connectivity index is 1.81. The summed E-state index contributed by atoms with van der Waals surface area (Å²) < 4.78 is 47.9. The Morgan fingerprint density at radius 2 is 2.00 bits per heavy atom. The van der Waals surface area contributed by atoms with E-state index in [0.717, 1.165) is 0 Å². The molecule has 0 aliphatic heterocycles. The Kier molecular flexibility index (Phi) is 5.24. The number of esters is 1. The summed E-state index contributed by atoms with van der Waals surface area (Å²) >= 11 is 0. The predicted octanol–water partition coefficient (Wildman–Crippen LogP) is 2.99. The van der Waals surface area contributed by atoms with Crippen LogP contribution in [0.3, 0.4) is 0 Å². The second-order valence-electron chi connectivity index (χ2n) is 5.55. The minimum absolute atomic E-state index is 0.129. The number of alkyl halides is 3. The zero-order valence-electron chi connectivity index (χ0n) is 14.2. The molecule has 0 saturated heterocycles. The molecule has 0 atom stereocenters. The Bertz CT molecular complexity index is 956. The van der Waals surface area contributed by atoms with Gasteiger partial charge in [0.2, 0.25) is 5.88 Å². The molecule has 3 aromatic heterocycles. The van der Waals surface area contributed by atoms with Gasteiger partial charge in [0.1, 0.15) is 0 Å². The van der Waals surface area contributed by atoms with Crippen molar-refractivity contribution in [3.05, 3.63) is 48.0 Å². The van der Waals surface area contributed by atoms with Crippen molar-refractivity contribution < 1.29 is 27.4 Å². The van der Waals surface area contributed by atoms with Crippen LogP contribution in [0.25, 0.3) is 10.9 Å². The fourth-order valence-corrected chi connectivity index (χ4v) is 2.41. The van der Waals surface area contributed by atoms with Crippen molar-refractivity contribution in [2.75, 3.05) is 13.2 Å². The maximum Gasteiger partial charge on any atom is 0.422 e. The first-order chi connectivity index (χ1) is 12.9. The van der Waals surface area contributed by atoms with E-state index >= 15 is 0 Å². The normalized spacial score (nSPS) is 11.6. The molecule has 0 radical (unpaired) electrons. The van der Waals surface area contributed by atoms with E-state index in [1.165, 1.54) is 18.5 Å². The van der Waals surface area contributed by atoms with Crippen LogP contribution in [0, 0.1) is 0 Å². The molecule has 7 nitrogen and oxygen atoms in total. The minimum atomic E-state index is -4.44. The summed E-state index contributed by atoms with van der Waals surface area (Å²) in [5, 5.41) is 4.88. The largest absolute Gasteiger partial charge is 0.468 e. The van der Waals surface area contributed by atoms with Gasteiger partial charge in [-0.15, -0.1) is 0 Å². The number of carbonyl (C=O) groups is 1. The molecule has 0 aliphatic carbocycles. The third-order valence-corrected chi connectivity index (χ3v) is 3.48. The summed E-state index contributed by atoms with van der Waals surface area (Å²) in [6, 6.07) is 4.69. The first-order valence-electron chi connectivity index (χ1n) is 7.99. The average molecular weight is 380 g/mol. The Morgan fingerprint density at radius 3 is 2.74 bits per heavy atom. The lowest BCUT2D eigenvalue weighted by molar-refractivity contribution is -0.154. The molecule has 27 heavy (non-hydrogen) atoms. The third-order valence-electron chi connectivity index (χ3n) is 3.48. The van der Waals surface area contributed by atoms with Crippen LogP contribution in [-0.2, 0) is 11.3 Å². The molecule has 0 N–H and O–H groups in total. The van der Waals surface area contributed by atoms with E-state index in [9.17, 15) is 18.0 Å². The first kappa shape index (κ1) is 18.6. The molecule has 0 spiro atoms. The summed E-state index contributed by atoms with van der Waals surface area (Å²) in [5.41, 5.74) is 1.35. The topological polar surface area (TPSA) is 79.1 Å². The number of hydrogen-bond acceptors (Lipinski definition) is 6. The number of rotatable bonds is 6. The molecule has 0 amide bonds. The average Bonchev–Trinajstić information content (AvgIpc) is 3.02. The van der Waals surface area contributed by atoms with Crippen LogP contribution in [0.4, 0.5) is 13.2 Å². The number of carbonyl (C=O) groups excluding carboxylic acids is 1. The van der Waals surface area contributed by atoms with E-state index in [-0.39, 0.29) is 24.7 Å². The molecule has 3 aromatic rings. The smallest absolute Gasteiger partial charge is 0.422 e. The number of hydrogen-bond donors (Lipinski definition) is 0. The minimum Gasteiger partial charge on any atom is -0.468 e. The lowest BCUT2D eigenvalue weighted by atomic mass is 10.2. The van der Waals surface area contributed by atoms with Crippen molar-refractivity contribution in [1.82, 2.24) is 19.7 Å². The molecule has 0 aromatic carbocycles. The molecule has 0 saturated carbocycles. The quantitative estimate of drug-likeness (QED) is 0.612. The zero-order chi connectivity index (χ0) is 19.4. The van der Waals surface area contributed by atoms with Gasteiger partial charge in [-0.1, -0.05) is 0 Å². The van der Waals surface area contributed by atoms with Crippen LogP contribution in [0.5, 0.6) is 5.88 Å². The van der Waals surface area contributed by atoms with Crippen molar-refractivity contribution in [3.8, 4) is 5.88 Å². The Hall–Kier alpha value is -3.17. The lowest BCUT2D eigenvalue weighted by Crippen LogP contribution is -2.19. The number of ether oxygens (including phenoxy) is 2. The SMILES string of the molecule is CCOC(=O)c1nccc2nn(Cc3ccnc(OCC(F)(F)F)c3)cc12. The molecule has 0 bridgehead atoms. The van der Waals surface area contributed by atoms with Crippen LogP contribution in [-0.4, -0.2) is 45.1 Å². The highest BCUT2D eigenvalue weighted by atomic mass is 19.4. The van der Waals surface area contributed by atoms with Crippen LogP contribution in [0.1, 0.15) is 23.0 Å². The van der Waals surface area contributed by atoms with Gasteiger partial charge in [0.25, 0.3) is 0 Å². The monoisotopic (exact) mass is 380 g/mol. The van der Waals surface area contributed by atoms with E-state index in [4.69, 9.17) is 4.74 Å². The molecule has 3 heterocycles. The highest BCUT2D eigenvalue weighted by Crippen LogP contribution is 2.20. The lowest BCUT2D eigenvalue weighted by Gasteiger charge is -2.09. The molecule has 10 heteroatoms. The number of aromatic nitrogens is 4. The van der Waals surface area contributed by atoms with E-state index in [2.05, 4.69) is 19.8 Å². The highest BCUT2D eigenvalue weighted by Gasteiger charge is 2.28.